The van der Waals surface area contributed by atoms with Gasteiger partial charge in [-0.15, -0.1) is 5.10 Å². The van der Waals surface area contributed by atoms with Gasteiger partial charge in [0.25, 0.3) is 0 Å². The van der Waals surface area contributed by atoms with Crippen molar-refractivity contribution in [3.8, 4) is 11.9 Å². The van der Waals surface area contributed by atoms with Gasteiger partial charge in [0.2, 0.25) is 0 Å². The minimum absolute atomic E-state index is 0.507. The summed E-state index contributed by atoms with van der Waals surface area (Å²) in [5.74, 6) is 0.507. The van der Waals surface area contributed by atoms with E-state index in [0.717, 1.165) is 40.0 Å². The second-order valence-electron chi connectivity index (χ2n) is 4.54. The monoisotopic (exact) mass is 333 g/mol. The second-order valence-corrected chi connectivity index (χ2v) is 5.33. The molecule has 0 aliphatic heterocycles. The number of aryl methyl sites for hydroxylation is 2. The molecular weight excluding hydrogens is 318 g/mol. The number of rotatable bonds is 3. The van der Waals surface area contributed by atoms with Crippen LogP contribution in [0.15, 0.2) is 4.47 Å². The van der Waals surface area contributed by atoms with E-state index >= 15 is 0 Å². The van der Waals surface area contributed by atoms with E-state index in [0.29, 0.717) is 11.4 Å². The normalized spacial score (nSPS) is 10.6. The standard InChI is InChI=1S/C14H16BrN5/c1-5-10-11(7-16)14(18-17-12(10)6-2)20-9(4)13(15)8(3)19-20/h5-6H2,1-4H3. The molecule has 0 aromatic carbocycles. The van der Waals surface area contributed by atoms with Gasteiger partial charge < -0.3 is 0 Å². The Morgan fingerprint density at radius 3 is 2.35 bits per heavy atom. The zero-order valence-electron chi connectivity index (χ0n) is 12.0. The van der Waals surface area contributed by atoms with Crippen LogP contribution in [-0.4, -0.2) is 20.0 Å². The van der Waals surface area contributed by atoms with Crippen LogP contribution in [0.3, 0.4) is 0 Å². The van der Waals surface area contributed by atoms with Gasteiger partial charge in [0.15, 0.2) is 5.82 Å². The molecule has 2 rings (SSSR count). The Bertz CT molecular complexity index is 697. The molecule has 2 aromatic rings. The van der Waals surface area contributed by atoms with Crippen molar-refractivity contribution in [2.45, 2.75) is 40.5 Å². The first-order valence-corrected chi connectivity index (χ1v) is 7.34. The predicted molar refractivity (Wildman–Crippen MR) is 79.8 cm³/mol. The van der Waals surface area contributed by atoms with E-state index in [-0.39, 0.29) is 0 Å². The summed E-state index contributed by atoms with van der Waals surface area (Å²) in [5.41, 5.74) is 4.19. The van der Waals surface area contributed by atoms with E-state index in [1.807, 2.05) is 27.7 Å². The molecular formula is C14H16BrN5. The Morgan fingerprint density at radius 1 is 1.20 bits per heavy atom. The van der Waals surface area contributed by atoms with Crippen LogP contribution in [0.5, 0.6) is 0 Å². The molecule has 5 nitrogen and oxygen atoms in total. The van der Waals surface area contributed by atoms with Crippen LogP contribution in [0.1, 0.15) is 42.1 Å². The summed E-state index contributed by atoms with van der Waals surface area (Å²) in [4.78, 5) is 0. The predicted octanol–water partition coefficient (Wildman–Crippen LogP) is 3.04. The molecule has 6 heteroatoms. The molecule has 0 saturated carbocycles. The quantitative estimate of drug-likeness (QED) is 0.865. The Kier molecular flexibility index (Phi) is 4.19. The van der Waals surface area contributed by atoms with E-state index in [2.05, 4.69) is 37.3 Å². The lowest BCUT2D eigenvalue weighted by Crippen LogP contribution is -2.11. The van der Waals surface area contributed by atoms with Crippen molar-refractivity contribution in [2.75, 3.05) is 0 Å². The highest BCUT2D eigenvalue weighted by atomic mass is 79.9. The highest BCUT2D eigenvalue weighted by molar-refractivity contribution is 9.10. The van der Waals surface area contributed by atoms with Crippen molar-refractivity contribution in [1.82, 2.24) is 20.0 Å². The molecule has 0 N–H and O–H groups in total. The van der Waals surface area contributed by atoms with Gasteiger partial charge >= 0.3 is 0 Å². The smallest absolute Gasteiger partial charge is 0.194 e. The third-order valence-electron chi connectivity index (χ3n) is 3.34. The molecule has 0 bridgehead atoms. The number of aromatic nitrogens is 4. The molecule has 0 fully saturated rings. The van der Waals surface area contributed by atoms with E-state index in [9.17, 15) is 5.26 Å². The van der Waals surface area contributed by atoms with Gasteiger partial charge in [0.05, 0.1) is 21.6 Å². The van der Waals surface area contributed by atoms with Crippen LogP contribution in [0.2, 0.25) is 0 Å². The number of hydrogen-bond acceptors (Lipinski definition) is 4. The molecule has 0 unspecified atom stereocenters. The van der Waals surface area contributed by atoms with Gasteiger partial charge in [-0.2, -0.15) is 15.5 Å². The van der Waals surface area contributed by atoms with Crippen molar-refractivity contribution in [2.24, 2.45) is 0 Å². The summed E-state index contributed by atoms with van der Waals surface area (Å²) >= 11 is 3.49. The molecule has 0 spiro atoms. The number of halogens is 1. The van der Waals surface area contributed by atoms with Crippen molar-refractivity contribution in [1.29, 1.82) is 5.26 Å². The second kappa shape index (κ2) is 5.71. The van der Waals surface area contributed by atoms with Crippen LogP contribution >= 0.6 is 15.9 Å². The lowest BCUT2D eigenvalue weighted by Gasteiger charge is -2.11. The van der Waals surface area contributed by atoms with Crippen LogP contribution in [0, 0.1) is 25.2 Å². The summed E-state index contributed by atoms with van der Waals surface area (Å²) in [6.07, 6.45) is 1.53. The Hall–Kier alpha value is -1.74. The fraction of sp³-hybridized carbons (Fsp3) is 0.429. The fourth-order valence-electron chi connectivity index (χ4n) is 2.26. The maximum Gasteiger partial charge on any atom is 0.194 e. The summed E-state index contributed by atoms with van der Waals surface area (Å²) in [6, 6.07) is 2.27. The van der Waals surface area contributed by atoms with Crippen molar-refractivity contribution >= 4 is 15.9 Å². The lowest BCUT2D eigenvalue weighted by atomic mass is 10.0. The van der Waals surface area contributed by atoms with Crippen LogP contribution in [0.25, 0.3) is 5.82 Å². The first kappa shape index (κ1) is 14.7. The van der Waals surface area contributed by atoms with Gasteiger partial charge in [-0.25, -0.2) is 4.68 Å². The Balaban J connectivity index is 2.75. The summed E-state index contributed by atoms with van der Waals surface area (Å²) in [7, 11) is 0. The van der Waals surface area contributed by atoms with Crippen molar-refractivity contribution in [3.63, 3.8) is 0 Å². The largest absolute Gasteiger partial charge is 0.215 e. The molecule has 0 aliphatic rings. The van der Waals surface area contributed by atoms with Gasteiger partial charge in [0, 0.05) is 0 Å². The fourth-order valence-corrected chi connectivity index (χ4v) is 2.51. The van der Waals surface area contributed by atoms with Crippen molar-refractivity contribution in [3.05, 3.63) is 32.7 Å². The van der Waals surface area contributed by atoms with Gasteiger partial charge in [-0.1, -0.05) is 13.8 Å². The summed E-state index contributed by atoms with van der Waals surface area (Å²) in [6.45, 7) is 7.89. The molecule has 2 heterocycles. The van der Waals surface area contributed by atoms with Crippen LogP contribution in [-0.2, 0) is 12.8 Å². The number of hydrogen-bond donors (Lipinski definition) is 0. The highest BCUT2D eigenvalue weighted by Gasteiger charge is 2.19. The first-order valence-electron chi connectivity index (χ1n) is 6.55. The van der Waals surface area contributed by atoms with E-state index in [1.54, 1.807) is 4.68 Å². The number of nitrogens with zero attached hydrogens (tertiary/aromatic N) is 5. The van der Waals surface area contributed by atoms with E-state index in [1.165, 1.54) is 0 Å². The van der Waals surface area contributed by atoms with Crippen LogP contribution in [0.4, 0.5) is 0 Å². The zero-order chi connectivity index (χ0) is 14.9. The molecule has 20 heavy (non-hydrogen) atoms. The summed E-state index contributed by atoms with van der Waals surface area (Å²) in [5, 5.41) is 22.4. The molecule has 0 aliphatic carbocycles. The first-order chi connectivity index (χ1) is 9.54. The lowest BCUT2D eigenvalue weighted by molar-refractivity contribution is 0.755. The number of nitriles is 1. The van der Waals surface area contributed by atoms with Crippen LogP contribution < -0.4 is 0 Å². The molecule has 0 amide bonds. The Labute approximate surface area is 126 Å². The third-order valence-corrected chi connectivity index (χ3v) is 4.49. The maximum absolute atomic E-state index is 9.51. The average molecular weight is 334 g/mol. The topological polar surface area (TPSA) is 67.4 Å². The molecule has 0 radical (unpaired) electrons. The maximum atomic E-state index is 9.51. The minimum Gasteiger partial charge on any atom is -0.215 e. The van der Waals surface area contributed by atoms with Gasteiger partial charge in [-0.3, -0.25) is 0 Å². The molecule has 104 valence electrons. The molecule has 0 saturated heterocycles. The Morgan fingerprint density at radius 2 is 1.90 bits per heavy atom. The average Bonchev–Trinajstić information content (AvgIpc) is 2.72. The minimum atomic E-state index is 0.507. The van der Waals surface area contributed by atoms with E-state index < -0.39 is 0 Å². The molecule has 0 atom stereocenters. The van der Waals surface area contributed by atoms with Gasteiger partial charge in [0.1, 0.15) is 11.6 Å². The van der Waals surface area contributed by atoms with Gasteiger partial charge in [-0.05, 0) is 48.2 Å². The highest BCUT2D eigenvalue weighted by Crippen LogP contribution is 2.25. The molecule has 2 aromatic heterocycles. The SMILES string of the molecule is CCc1nnc(-n2nc(C)c(Br)c2C)c(C#N)c1CC. The third kappa shape index (κ3) is 2.22. The summed E-state index contributed by atoms with van der Waals surface area (Å²) < 4.78 is 2.62. The van der Waals surface area contributed by atoms with E-state index in [4.69, 9.17) is 0 Å². The zero-order valence-corrected chi connectivity index (χ0v) is 13.6. The van der Waals surface area contributed by atoms with Crippen molar-refractivity contribution < 1.29 is 0 Å².